The van der Waals surface area contributed by atoms with E-state index < -0.39 is 29.6 Å². The average molecular weight is 1000 g/mol. The first-order valence-corrected chi connectivity index (χ1v) is 27.1. The van der Waals surface area contributed by atoms with Crippen LogP contribution in [-0.4, -0.2) is 118 Å². The third kappa shape index (κ3) is 8.58. The van der Waals surface area contributed by atoms with Crippen LogP contribution in [0, 0.1) is 16.7 Å². The fourth-order valence-corrected chi connectivity index (χ4v) is 15.2. The van der Waals surface area contributed by atoms with E-state index in [9.17, 15) is 0 Å². The molecule has 7 unspecified atom stereocenters. The molecule has 5 aliphatic heterocycles. The van der Waals surface area contributed by atoms with Crippen LogP contribution >= 0.6 is 23.2 Å². The Labute approximate surface area is 430 Å². The maximum absolute atomic E-state index is 17.2. The van der Waals surface area contributed by atoms with Gasteiger partial charge in [-0.1, -0.05) is 78.7 Å². The predicted octanol–water partition coefficient (Wildman–Crippen LogP) is 9.51. The average Bonchev–Trinajstić information content (AvgIpc) is 4.17. The summed E-state index contributed by atoms with van der Waals surface area (Å²) in [6.45, 7) is 10.7. The number of likely N-dealkylation sites (N-methyl/N-ethyl adjacent to an activating group) is 1. The van der Waals surface area contributed by atoms with Crippen LogP contribution < -0.4 is 20.7 Å². The fourth-order valence-electron chi connectivity index (χ4n) is 14.9. The highest BCUT2D eigenvalue weighted by molar-refractivity contribution is 6.31. The highest BCUT2D eigenvalue weighted by Gasteiger charge is 2.76. The molecule has 376 valence electrons. The summed E-state index contributed by atoms with van der Waals surface area (Å²) in [7, 11) is 4.36. The van der Waals surface area contributed by atoms with Crippen molar-refractivity contribution in [1.82, 2.24) is 40.2 Å². The van der Waals surface area contributed by atoms with E-state index in [-0.39, 0.29) is 48.2 Å². The highest BCUT2D eigenvalue weighted by atomic mass is 35.5. The molecule has 1 aliphatic carbocycles. The number of imidazole rings is 1. The first kappa shape index (κ1) is 49.1. The number of Topliss-reactive ketones (excluding diaryl/α,β-unsaturated/α-hetero) is 1. The molecular weight excluding hydrogens is 931 g/mol. The van der Waals surface area contributed by atoms with Crippen LogP contribution in [0.25, 0.3) is 11.3 Å². The largest absolute Gasteiger partial charge is 0.457 e. The number of ketones is 1. The zero-order valence-electron chi connectivity index (χ0n) is 42.0. The first-order chi connectivity index (χ1) is 34.4. The summed E-state index contributed by atoms with van der Waals surface area (Å²) in [5, 5.41) is 13.3. The molecule has 6 heterocycles. The van der Waals surface area contributed by atoms with Gasteiger partial charge in [-0.3, -0.25) is 19.5 Å². The van der Waals surface area contributed by atoms with Crippen LogP contribution in [0.1, 0.15) is 75.4 Å². The van der Waals surface area contributed by atoms with Crippen molar-refractivity contribution in [2.24, 2.45) is 23.8 Å². The summed E-state index contributed by atoms with van der Waals surface area (Å²) in [4.78, 5) is 29.7. The van der Waals surface area contributed by atoms with Gasteiger partial charge in [0.15, 0.2) is 5.78 Å². The number of alkyl halides is 1. The summed E-state index contributed by atoms with van der Waals surface area (Å²) in [5.74, 6) is 2.95. The minimum Gasteiger partial charge on any atom is -0.457 e. The Bertz CT molecular complexity index is 2680. The standard InChI is InChI=1S/C58H71Cl2FN8O2/c1-6-57-51-28-42(26-38-12-8-7-9-13-38)55(57)66(4)36(2)32-62-50-30-45(27-39-14-19-43(59)20-15-39)64-54-47(31-61)65-53(58(50,54)56(57)70)37(3)69(51)34-41-16-21-44(60)29-49(41)71-46-22-17-40(18-23-46)48-33-63-52(67(48)5)35-68-24-10-11-25-68/h7-9,12-23,29,33,36-37,42,45,47,50-51,53-55,62,64-65H,6,10-11,24-28,30-32,34-35H2,1-5H3/t36-,37-,42+,45-,47-,50?,51?,53?,54?,55?,57?,58?/m0/s1. The maximum atomic E-state index is 17.2. The Morgan fingerprint density at radius 2 is 1.58 bits per heavy atom. The van der Waals surface area contributed by atoms with Gasteiger partial charge < -0.3 is 25.3 Å². The fraction of sp³-hybridized carbons (Fsp3) is 0.517. The van der Waals surface area contributed by atoms with Crippen molar-refractivity contribution in [2.45, 2.75) is 133 Å². The lowest BCUT2D eigenvalue weighted by Gasteiger charge is -2.54. The van der Waals surface area contributed by atoms with Crippen molar-refractivity contribution in [3.63, 3.8) is 0 Å². The zero-order valence-corrected chi connectivity index (χ0v) is 43.5. The van der Waals surface area contributed by atoms with Crippen molar-refractivity contribution in [3.8, 4) is 22.8 Å². The van der Waals surface area contributed by atoms with E-state index in [1.807, 2.05) is 42.6 Å². The lowest BCUT2D eigenvalue weighted by Crippen LogP contribution is -2.73. The summed E-state index contributed by atoms with van der Waals surface area (Å²) >= 11 is 13.2. The van der Waals surface area contributed by atoms with Crippen LogP contribution in [0.4, 0.5) is 4.39 Å². The number of nitrogens with zero attached hydrogens (tertiary/aromatic N) is 5. The third-order valence-corrected chi connectivity index (χ3v) is 18.8. The lowest BCUT2D eigenvalue weighted by molar-refractivity contribution is -0.149. The van der Waals surface area contributed by atoms with Gasteiger partial charge in [-0.2, -0.15) is 0 Å². The SMILES string of the molecule is CCC12C(=O)C34C5C[C@H](Cc6ccc(Cl)cc6)NC3[C@H](CF)NC4[C@H](C)N(Cc3ccc(Cl)cc3Oc3ccc(-c4cnc(CN6CCCC6)n4C)cc3)C1C[C@@H](Cc1ccccc1)C2N(C)[C@@H](C)CN5. The number of likely N-dealkylation sites (tertiary alicyclic amines) is 2. The second kappa shape index (κ2) is 19.9. The van der Waals surface area contributed by atoms with Crippen molar-refractivity contribution < 1.29 is 13.9 Å². The number of halogens is 3. The van der Waals surface area contributed by atoms with Crippen LogP contribution in [-0.2, 0) is 37.8 Å². The number of hydrogen-bond donors (Lipinski definition) is 3. The van der Waals surface area contributed by atoms with Gasteiger partial charge in [0.2, 0.25) is 0 Å². The molecule has 3 N–H and O–H groups in total. The van der Waals surface area contributed by atoms with E-state index in [4.69, 9.17) is 32.9 Å². The summed E-state index contributed by atoms with van der Waals surface area (Å²) < 4.78 is 25.1. The van der Waals surface area contributed by atoms with Gasteiger partial charge in [0.05, 0.1) is 35.3 Å². The van der Waals surface area contributed by atoms with Crippen molar-refractivity contribution in [3.05, 3.63) is 136 Å². The third-order valence-electron chi connectivity index (χ3n) is 18.3. The molecule has 1 aromatic heterocycles. The van der Waals surface area contributed by atoms with Gasteiger partial charge in [-0.05, 0) is 145 Å². The van der Waals surface area contributed by atoms with Crippen molar-refractivity contribution >= 4 is 29.0 Å². The summed E-state index contributed by atoms with van der Waals surface area (Å²) in [6.07, 6.45) is 8.35. The van der Waals surface area contributed by atoms with E-state index in [0.717, 1.165) is 74.5 Å². The molecule has 12 atom stereocenters. The molecule has 4 aromatic carbocycles. The van der Waals surface area contributed by atoms with E-state index in [1.165, 1.54) is 24.0 Å². The number of aromatic nitrogens is 2. The lowest BCUT2D eigenvalue weighted by atomic mass is 9.54. The second-order valence-electron chi connectivity index (χ2n) is 22.0. The number of hydrogen-bond acceptors (Lipinski definition) is 9. The molecule has 10 nitrogen and oxygen atoms in total. The topological polar surface area (TPSA) is 89.9 Å². The van der Waals surface area contributed by atoms with E-state index in [0.29, 0.717) is 40.3 Å². The van der Waals surface area contributed by atoms with Crippen molar-refractivity contribution in [2.75, 3.05) is 33.4 Å². The summed E-state index contributed by atoms with van der Waals surface area (Å²) in [5.41, 5.74) is 3.86. The monoisotopic (exact) mass is 1000 g/mol. The van der Waals surface area contributed by atoms with E-state index in [2.05, 4.69) is 131 Å². The molecule has 6 aliphatic rings. The molecule has 5 saturated heterocycles. The quantitative estimate of drug-likeness (QED) is 0.107. The number of piperidine rings is 1. The van der Waals surface area contributed by atoms with Crippen LogP contribution in [0.3, 0.4) is 0 Å². The van der Waals surface area contributed by atoms with Gasteiger partial charge >= 0.3 is 0 Å². The van der Waals surface area contributed by atoms with Gasteiger partial charge in [0, 0.05) is 89.6 Å². The second-order valence-corrected chi connectivity index (χ2v) is 22.9. The van der Waals surface area contributed by atoms with Gasteiger partial charge in [0.25, 0.3) is 0 Å². The van der Waals surface area contributed by atoms with E-state index in [1.54, 1.807) is 0 Å². The molecular formula is C58H71Cl2FN8O2. The minimum absolute atomic E-state index is 0.0259. The van der Waals surface area contributed by atoms with Gasteiger partial charge in [-0.25, -0.2) is 9.37 Å². The Balaban J connectivity index is 0.984. The molecule has 11 rings (SSSR count). The smallest absolute Gasteiger partial charge is 0.153 e. The number of benzene rings is 4. The summed E-state index contributed by atoms with van der Waals surface area (Å²) in [6, 6.07) is 31.5. The molecule has 5 aromatic rings. The molecule has 1 saturated carbocycles. The van der Waals surface area contributed by atoms with Crippen molar-refractivity contribution in [1.29, 1.82) is 0 Å². The predicted molar refractivity (Wildman–Crippen MR) is 282 cm³/mol. The Hall–Kier alpha value is -4.17. The molecule has 1 spiro atoms. The Morgan fingerprint density at radius 1 is 0.845 bits per heavy atom. The number of rotatable bonds is 13. The van der Waals surface area contributed by atoms with Gasteiger partial charge in [0.1, 0.15) is 24.0 Å². The number of ether oxygens (including phenoxy) is 1. The molecule has 71 heavy (non-hydrogen) atoms. The molecule has 2 bridgehead atoms. The van der Waals surface area contributed by atoms with Crippen LogP contribution in [0.2, 0.25) is 10.0 Å². The van der Waals surface area contributed by atoms with E-state index >= 15 is 9.18 Å². The molecule has 0 amide bonds. The first-order valence-electron chi connectivity index (χ1n) is 26.3. The van der Waals surface area contributed by atoms with Crippen LogP contribution in [0.15, 0.2) is 103 Å². The number of nitrogens with one attached hydrogen (secondary N) is 3. The van der Waals surface area contributed by atoms with Crippen LogP contribution in [0.5, 0.6) is 11.5 Å². The Kier molecular flexibility index (Phi) is 13.8. The minimum atomic E-state index is -0.940. The molecule has 0 radical (unpaired) electrons. The zero-order chi connectivity index (χ0) is 49.2. The Morgan fingerprint density at radius 3 is 2.31 bits per heavy atom. The molecule has 13 heteroatoms. The van der Waals surface area contributed by atoms with Gasteiger partial charge in [-0.15, -0.1) is 0 Å². The normalized spacial score (nSPS) is 33.1. The maximum Gasteiger partial charge on any atom is 0.153 e. The number of carbonyl (C=O) groups is 1. The highest BCUT2D eigenvalue weighted by Crippen LogP contribution is 2.62. The number of carbonyl (C=O) groups excluding carboxylic acids is 1. The molecule has 6 fully saturated rings.